The van der Waals surface area contributed by atoms with Crippen LogP contribution < -0.4 is 5.32 Å². The number of carbonyl (C=O) groups excluding carboxylic acids is 1. The van der Waals surface area contributed by atoms with Gasteiger partial charge < -0.3 is 10.4 Å². The number of nitrogens with zero attached hydrogens (tertiary/aromatic N) is 1. The van der Waals surface area contributed by atoms with Crippen molar-refractivity contribution >= 4 is 21.9 Å². The fraction of sp³-hybridized carbons (Fsp3) is 0.833. The van der Waals surface area contributed by atoms with E-state index >= 15 is 0 Å². The van der Waals surface area contributed by atoms with Gasteiger partial charge in [-0.05, 0) is 19.3 Å². The standard InChI is InChI=1S/C12H20N2O5S/c15-10(4-8-14-7-3-9-20(14,18)19)13-12(11(16)17)5-1-2-6-12/h1-9H2,(H,13,15)(H,16,17). The Morgan fingerprint density at radius 1 is 1.20 bits per heavy atom. The highest BCUT2D eigenvalue weighted by Crippen LogP contribution is 2.30. The number of amides is 1. The quantitative estimate of drug-likeness (QED) is 0.739. The highest BCUT2D eigenvalue weighted by Gasteiger charge is 2.42. The number of rotatable bonds is 5. The van der Waals surface area contributed by atoms with E-state index < -0.39 is 27.4 Å². The van der Waals surface area contributed by atoms with Crippen LogP contribution in [0.3, 0.4) is 0 Å². The maximum absolute atomic E-state index is 11.9. The van der Waals surface area contributed by atoms with Gasteiger partial charge in [0.25, 0.3) is 0 Å². The van der Waals surface area contributed by atoms with Gasteiger partial charge in [0.2, 0.25) is 15.9 Å². The zero-order chi connectivity index (χ0) is 14.8. The summed E-state index contributed by atoms with van der Waals surface area (Å²) in [5.41, 5.74) is -1.15. The molecule has 0 unspecified atom stereocenters. The lowest BCUT2D eigenvalue weighted by Gasteiger charge is -2.25. The summed E-state index contributed by atoms with van der Waals surface area (Å²) < 4.78 is 24.5. The Hall–Kier alpha value is -1.15. The highest BCUT2D eigenvalue weighted by molar-refractivity contribution is 7.89. The van der Waals surface area contributed by atoms with Gasteiger partial charge >= 0.3 is 5.97 Å². The average molecular weight is 304 g/mol. The van der Waals surface area contributed by atoms with E-state index in [2.05, 4.69) is 5.32 Å². The maximum Gasteiger partial charge on any atom is 0.329 e. The zero-order valence-electron chi connectivity index (χ0n) is 11.3. The molecule has 0 radical (unpaired) electrons. The minimum Gasteiger partial charge on any atom is -0.480 e. The summed E-state index contributed by atoms with van der Waals surface area (Å²) in [5, 5.41) is 11.8. The molecule has 0 aromatic rings. The van der Waals surface area contributed by atoms with Crippen molar-refractivity contribution in [2.45, 2.75) is 44.1 Å². The second-order valence-corrected chi connectivity index (χ2v) is 7.55. The van der Waals surface area contributed by atoms with E-state index in [0.717, 1.165) is 12.8 Å². The molecule has 1 saturated carbocycles. The molecule has 1 amide bonds. The van der Waals surface area contributed by atoms with Gasteiger partial charge in [0.15, 0.2) is 0 Å². The molecule has 2 fully saturated rings. The second-order valence-electron chi connectivity index (χ2n) is 5.46. The molecular weight excluding hydrogens is 284 g/mol. The van der Waals surface area contributed by atoms with E-state index in [0.29, 0.717) is 25.8 Å². The highest BCUT2D eigenvalue weighted by atomic mass is 32.2. The predicted octanol–water partition coefficient (Wildman–Crippen LogP) is -0.0744. The molecular formula is C12H20N2O5S. The topological polar surface area (TPSA) is 104 Å². The number of hydrogen-bond donors (Lipinski definition) is 2. The summed E-state index contributed by atoms with van der Waals surface area (Å²) >= 11 is 0. The number of sulfonamides is 1. The van der Waals surface area contributed by atoms with Crippen LogP contribution in [0.25, 0.3) is 0 Å². The van der Waals surface area contributed by atoms with E-state index in [1.165, 1.54) is 4.31 Å². The van der Waals surface area contributed by atoms with Crippen molar-refractivity contribution < 1.29 is 23.1 Å². The van der Waals surface area contributed by atoms with Crippen LogP contribution in [0.4, 0.5) is 0 Å². The van der Waals surface area contributed by atoms with E-state index in [-0.39, 0.29) is 18.7 Å². The van der Waals surface area contributed by atoms with Gasteiger partial charge in [-0.3, -0.25) is 4.79 Å². The molecule has 114 valence electrons. The van der Waals surface area contributed by atoms with Crippen molar-refractivity contribution in [2.75, 3.05) is 18.8 Å². The molecule has 2 rings (SSSR count). The van der Waals surface area contributed by atoms with E-state index in [1.807, 2.05) is 0 Å². The number of nitrogens with one attached hydrogen (secondary N) is 1. The second kappa shape index (κ2) is 5.69. The number of carbonyl (C=O) groups is 2. The molecule has 2 aliphatic rings. The first-order valence-electron chi connectivity index (χ1n) is 6.88. The molecule has 7 nitrogen and oxygen atoms in total. The van der Waals surface area contributed by atoms with E-state index in [9.17, 15) is 23.1 Å². The van der Waals surface area contributed by atoms with Crippen LogP contribution in [0.1, 0.15) is 38.5 Å². The third kappa shape index (κ3) is 3.12. The first-order chi connectivity index (χ1) is 9.36. The SMILES string of the molecule is O=C(CCN1CCCS1(=O)=O)NC1(C(=O)O)CCCC1. The summed E-state index contributed by atoms with van der Waals surface area (Å²) in [6.45, 7) is 0.573. The van der Waals surface area contributed by atoms with Gasteiger partial charge in [0, 0.05) is 19.5 Å². The summed E-state index contributed by atoms with van der Waals surface area (Å²) in [6.07, 6.45) is 3.05. The smallest absolute Gasteiger partial charge is 0.329 e. The Labute approximate surface area is 118 Å². The maximum atomic E-state index is 11.9. The normalized spacial score (nSPS) is 24.6. The Morgan fingerprint density at radius 2 is 1.85 bits per heavy atom. The van der Waals surface area contributed by atoms with Crippen molar-refractivity contribution in [3.8, 4) is 0 Å². The average Bonchev–Trinajstić information content (AvgIpc) is 2.94. The van der Waals surface area contributed by atoms with Crippen LogP contribution in [0.15, 0.2) is 0 Å². The molecule has 0 aromatic carbocycles. The molecule has 8 heteroatoms. The Bertz CT molecular complexity index is 496. The molecule has 0 spiro atoms. The molecule has 1 heterocycles. The third-order valence-electron chi connectivity index (χ3n) is 4.04. The minimum absolute atomic E-state index is 0.00819. The molecule has 0 aromatic heterocycles. The molecule has 1 aliphatic carbocycles. The van der Waals surface area contributed by atoms with Gasteiger partial charge in [-0.2, -0.15) is 0 Å². The zero-order valence-corrected chi connectivity index (χ0v) is 12.1. The number of carboxylic acid groups (broad SMARTS) is 1. The van der Waals surface area contributed by atoms with Crippen molar-refractivity contribution in [2.24, 2.45) is 0 Å². The van der Waals surface area contributed by atoms with Gasteiger partial charge in [-0.15, -0.1) is 0 Å². The molecule has 1 saturated heterocycles. The number of aliphatic carboxylic acids is 1. The van der Waals surface area contributed by atoms with Crippen LogP contribution >= 0.6 is 0 Å². The summed E-state index contributed by atoms with van der Waals surface area (Å²) in [7, 11) is -3.20. The van der Waals surface area contributed by atoms with Crippen LogP contribution in [0.2, 0.25) is 0 Å². The molecule has 2 N–H and O–H groups in total. The third-order valence-corrected chi connectivity index (χ3v) is 5.99. The van der Waals surface area contributed by atoms with Gasteiger partial charge in [0.1, 0.15) is 5.54 Å². The van der Waals surface area contributed by atoms with Crippen LogP contribution in [0.5, 0.6) is 0 Å². The summed E-state index contributed by atoms with van der Waals surface area (Å²) in [5.74, 6) is -1.26. The number of carboxylic acids is 1. The van der Waals surface area contributed by atoms with E-state index in [1.54, 1.807) is 0 Å². The van der Waals surface area contributed by atoms with Crippen molar-refractivity contribution in [3.63, 3.8) is 0 Å². The van der Waals surface area contributed by atoms with Crippen molar-refractivity contribution in [1.29, 1.82) is 0 Å². The molecule has 1 aliphatic heterocycles. The van der Waals surface area contributed by atoms with Crippen LogP contribution in [-0.2, 0) is 19.6 Å². The first-order valence-corrected chi connectivity index (χ1v) is 8.49. The first kappa shape index (κ1) is 15.2. The Balaban J connectivity index is 1.88. The van der Waals surface area contributed by atoms with Crippen LogP contribution in [-0.4, -0.2) is 54.1 Å². The lowest BCUT2D eigenvalue weighted by molar-refractivity contribution is -0.147. The van der Waals surface area contributed by atoms with Gasteiger partial charge in [-0.25, -0.2) is 17.5 Å². The molecule has 0 bridgehead atoms. The summed E-state index contributed by atoms with van der Waals surface area (Å²) in [4.78, 5) is 23.2. The number of hydrogen-bond acceptors (Lipinski definition) is 4. The Morgan fingerprint density at radius 3 is 2.35 bits per heavy atom. The van der Waals surface area contributed by atoms with Gasteiger partial charge in [-0.1, -0.05) is 12.8 Å². The predicted molar refractivity (Wildman–Crippen MR) is 71.6 cm³/mol. The Kier molecular flexibility index (Phi) is 4.33. The lowest BCUT2D eigenvalue weighted by Crippen LogP contribution is -2.53. The minimum atomic E-state index is -3.20. The molecule has 0 atom stereocenters. The molecule has 20 heavy (non-hydrogen) atoms. The van der Waals surface area contributed by atoms with Crippen LogP contribution in [0, 0.1) is 0 Å². The van der Waals surface area contributed by atoms with Crippen molar-refractivity contribution in [1.82, 2.24) is 9.62 Å². The monoisotopic (exact) mass is 304 g/mol. The fourth-order valence-electron chi connectivity index (χ4n) is 2.87. The van der Waals surface area contributed by atoms with Gasteiger partial charge in [0.05, 0.1) is 5.75 Å². The van der Waals surface area contributed by atoms with Crippen molar-refractivity contribution in [3.05, 3.63) is 0 Å². The summed E-state index contributed by atoms with van der Waals surface area (Å²) in [6, 6.07) is 0. The largest absolute Gasteiger partial charge is 0.480 e. The lowest BCUT2D eigenvalue weighted by atomic mass is 9.97. The fourth-order valence-corrected chi connectivity index (χ4v) is 4.40. The van der Waals surface area contributed by atoms with E-state index in [4.69, 9.17) is 0 Å².